The smallest absolute Gasteiger partial charge is 0.275 e. The van der Waals surface area contributed by atoms with E-state index in [-0.39, 0.29) is 16.8 Å². The van der Waals surface area contributed by atoms with E-state index in [2.05, 4.69) is 15.6 Å². The fraction of sp³-hybridized carbons (Fsp3) is 0.438. The van der Waals surface area contributed by atoms with E-state index >= 15 is 0 Å². The number of nitrogens with zero attached hydrogens (tertiary/aromatic N) is 1. The molecule has 1 amide bonds. The van der Waals surface area contributed by atoms with Crippen molar-refractivity contribution in [1.29, 1.82) is 5.41 Å². The number of aromatic nitrogens is 1. The van der Waals surface area contributed by atoms with Crippen molar-refractivity contribution in [3.05, 3.63) is 34.8 Å². The van der Waals surface area contributed by atoms with Gasteiger partial charge in [-0.15, -0.1) is 0 Å². The summed E-state index contributed by atoms with van der Waals surface area (Å²) in [6.45, 7) is 4.13. The molecule has 0 radical (unpaired) electrons. The third-order valence-electron chi connectivity index (χ3n) is 3.55. The van der Waals surface area contributed by atoms with Crippen molar-refractivity contribution in [2.45, 2.75) is 25.9 Å². The standard InChI is InChI=1S/C16H22ClN5O2/c1-2-3-11(18)14(17)15(19)16(23)22-10-4-5-12(21-8-10)13-9-20-6-7-24-13/h4-5,8,13,19-20H,2-3,6-7,9,18H2,1H3,(H,22,23)/t13-/m0/s1. The van der Waals surface area contributed by atoms with E-state index in [0.29, 0.717) is 31.0 Å². The van der Waals surface area contributed by atoms with Crippen LogP contribution in [0, 0.1) is 5.41 Å². The lowest BCUT2D eigenvalue weighted by Crippen LogP contribution is -2.33. The Labute approximate surface area is 146 Å². The first-order valence-electron chi connectivity index (χ1n) is 7.85. The van der Waals surface area contributed by atoms with Gasteiger partial charge in [-0.05, 0) is 18.6 Å². The average Bonchev–Trinajstić information content (AvgIpc) is 2.62. The molecular formula is C16H22ClN5O2. The molecule has 1 fully saturated rings. The van der Waals surface area contributed by atoms with Gasteiger partial charge in [0.15, 0.2) is 0 Å². The highest BCUT2D eigenvalue weighted by Crippen LogP contribution is 2.18. The Bertz CT molecular complexity index is 624. The van der Waals surface area contributed by atoms with Gasteiger partial charge in [-0.3, -0.25) is 15.2 Å². The summed E-state index contributed by atoms with van der Waals surface area (Å²) >= 11 is 5.98. The van der Waals surface area contributed by atoms with Crippen LogP contribution in [0.25, 0.3) is 0 Å². The summed E-state index contributed by atoms with van der Waals surface area (Å²) in [6.07, 6.45) is 2.78. The topological polar surface area (TPSA) is 113 Å². The Kier molecular flexibility index (Phi) is 6.72. The number of rotatable bonds is 6. The first kappa shape index (κ1) is 18.4. The number of ether oxygens (including phenoxy) is 1. The minimum absolute atomic E-state index is 0.0133. The largest absolute Gasteiger partial charge is 0.401 e. The summed E-state index contributed by atoms with van der Waals surface area (Å²) in [4.78, 5) is 16.4. The molecule has 0 spiro atoms. The van der Waals surface area contributed by atoms with Crippen molar-refractivity contribution in [1.82, 2.24) is 10.3 Å². The van der Waals surface area contributed by atoms with Crippen molar-refractivity contribution in [2.75, 3.05) is 25.0 Å². The predicted octanol–water partition coefficient (Wildman–Crippen LogP) is 1.91. The van der Waals surface area contributed by atoms with Gasteiger partial charge >= 0.3 is 0 Å². The van der Waals surface area contributed by atoms with Crippen LogP contribution in [0.5, 0.6) is 0 Å². The third-order valence-corrected chi connectivity index (χ3v) is 3.98. The summed E-state index contributed by atoms with van der Waals surface area (Å²) in [6, 6.07) is 3.51. The van der Waals surface area contributed by atoms with E-state index in [9.17, 15) is 4.79 Å². The summed E-state index contributed by atoms with van der Waals surface area (Å²) < 4.78 is 5.62. The van der Waals surface area contributed by atoms with E-state index in [4.69, 9.17) is 27.5 Å². The molecule has 130 valence electrons. The number of carbonyl (C=O) groups excluding carboxylic acids is 1. The second kappa shape index (κ2) is 8.77. The van der Waals surface area contributed by atoms with E-state index in [1.807, 2.05) is 6.92 Å². The van der Waals surface area contributed by atoms with Crippen LogP contribution in [0.3, 0.4) is 0 Å². The highest BCUT2D eigenvalue weighted by Gasteiger charge is 2.18. The number of halogens is 1. The highest BCUT2D eigenvalue weighted by molar-refractivity contribution is 6.60. The fourth-order valence-electron chi connectivity index (χ4n) is 2.26. The first-order chi connectivity index (χ1) is 11.5. The Morgan fingerprint density at radius 2 is 2.38 bits per heavy atom. The SMILES string of the molecule is CCCC(N)=C(Cl)C(=N)C(=O)Nc1ccc([C@@H]2CNCCO2)nc1. The lowest BCUT2D eigenvalue weighted by atomic mass is 10.2. The Morgan fingerprint density at radius 1 is 1.58 bits per heavy atom. The molecule has 2 heterocycles. The summed E-state index contributed by atoms with van der Waals surface area (Å²) in [7, 11) is 0. The summed E-state index contributed by atoms with van der Waals surface area (Å²) in [5.41, 5.74) is 7.02. The zero-order chi connectivity index (χ0) is 17.5. The molecule has 0 bridgehead atoms. The first-order valence-corrected chi connectivity index (χ1v) is 8.23. The number of morpholine rings is 1. The molecule has 7 nitrogen and oxygen atoms in total. The van der Waals surface area contributed by atoms with E-state index in [1.165, 1.54) is 6.20 Å². The van der Waals surface area contributed by atoms with Gasteiger partial charge in [-0.2, -0.15) is 0 Å². The lowest BCUT2D eigenvalue weighted by molar-refractivity contribution is -0.110. The molecular weight excluding hydrogens is 330 g/mol. The van der Waals surface area contributed by atoms with Crippen molar-refractivity contribution >= 4 is 28.9 Å². The second-order valence-corrected chi connectivity index (χ2v) is 5.83. The average molecular weight is 352 g/mol. The maximum atomic E-state index is 12.1. The molecule has 1 aliphatic heterocycles. The van der Waals surface area contributed by atoms with Gasteiger partial charge in [0, 0.05) is 18.8 Å². The molecule has 24 heavy (non-hydrogen) atoms. The van der Waals surface area contributed by atoms with Crippen LogP contribution in [-0.2, 0) is 9.53 Å². The number of pyridine rings is 1. The molecule has 1 aromatic heterocycles. The minimum atomic E-state index is -0.621. The maximum absolute atomic E-state index is 12.1. The van der Waals surface area contributed by atoms with Gasteiger partial charge in [-0.25, -0.2) is 0 Å². The van der Waals surface area contributed by atoms with E-state index in [0.717, 1.165) is 18.7 Å². The van der Waals surface area contributed by atoms with Crippen molar-refractivity contribution < 1.29 is 9.53 Å². The van der Waals surface area contributed by atoms with Crippen LogP contribution in [0.1, 0.15) is 31.6 Å². The zero-order valence-corrected chi connectivity index (χ0v) is 14.3. The molecule has 1 saturated heterocycles. The molecule has 0 aromatic carbocycles. The molecule has 5 N–H and O–H groups in total. The number of anilines is 1. The van der Waals surface area contributed by atoms with Gasteiger partial charge in [0.25, 0.3) is 5.91 Å². The molecule has 0 aliphatic carbocycles. The van der Waals surface area contributed by atoms with Crippen molar-refractivity contribution in [3.8, 4) is 0 Å². The number of amides is 1. The van der Waals surface area contributed by atoms with Crippen molar-refractivity contribution in [3.63, 3.8) is 0 Å². The number of hydrogen-bond donors (Lipinski definition) is 4. The number of carbonyl (C=O) groups is 1. The van der Waals surface area contributed by atoms with Gasteiger partial charge in [0.05, 0.1) is 29.2 Å². The van der Waals surface area contributed by atoms with Gasteiger partial charge in [0.1, 0.15) is 11.8 Å². The van der Waals surface area contributed by atoms with Crippen molar-refractivity contribution in [2.24, 2.45) is 5.73 Å². The number of hydrogen-bond acceptors (Lipinski definition) is 6. The molecule has 1 aromatic rings. The Morgan fingerprint density at radius 3 is 2.96 bits per heavy atom. The molecule has 0 unspecified atom stereocenters. The normalized spacial score (nSPS) is 18.7. The van der Waals surface area contributed by atoms with E-state index < -0.39 is 5.91 Å². The minimum Gasteiger partial charge on any atom is -0.401 e. The number of allylic oxidation sites excluding steroid dienone is 1. The Balaban J connectivity index is 1.99. The second-order valence-electron chi connectivity index (χ2n) is 5.45. The molecule has 1 aliphatic rings. The zero-order valence-electron chi connectivity index (χ0n) is 13.6. The summed E-state index contributed by atoms with van der Waals surface area (Å²) in [5.74, 6) is -0.621. The Hall–Kier alpha value is -1.96. The van der Waals surface area contributed by atoms with Gasteiger partial charge < -0.3 is 21.1 Å². The van der Waals surface area contributed by atoms with Gasteiger partial charge in [-0.1, -0.05) is 24.9 Å². The monoisotopic (exact) mass is 351 g/mol. The highest BCUT2D eigenvalue weighted by atomic mass is 35.5. The molecule has 0 saturated carbocycles. The van der Waals surface area contributed by atoms with Crippen LogP contribution in [0.4, 0.5) is 5.69 Å². The van der Waals surface area contributed by atoms with Crippen LogP contribution >= 0.6 is 11.6 Å². The maximum Gasteiger partial charge on any atom is 0.275 e. The third kappa shape index (κ3) is 4.77. The van der Waals surface area contributed by atoms with Crippen LogP contribution in [0.2, 0.25) is 0 Å². The van der Waals surface area contributed by atoms with Crippen LogP contribution in [0.15, 0.2) is 29.1 Å². The predicted molar refractivity (Wildman–Crippen MR) is 94.1 cm³/mol. The summed E-state index contributed by atoms with van der Waals surface area (Å²) in [5, 5.41) is 13.6. The van der Waals surface area contributed by atoms with Crippen LogP contribution < -0.4 is 16.4 Å². The molecule has 8 heteroatoms. The number of nitrogens with one attached hydrogen (secondary N) is 3. The van der Waals surface area contributed by atoms with Crippen LogP contribution in [-0.4, -0.2) is 36.3 Å². The quantitative estimate of drug-likeness (QED) is 0.585. The molecule has 1 atom stereocenters. The fourth-order valence-corrected chi connectivity index (χ4v) is 2.44. The molecule has 2 rings (SSSR count). The van der Waals surface area contributed by atoms with Gasteiger partial charge in [0.2, 0.25) is 0 Å². The van der Waals surface area contributed by atoms with E-state index in [1.54, 1.807) is 12.1 Å². The lowest BCUT2D eigenvalue weighted by Gasteiger charge is -2.23. The number of nitrogens with two attached hydrogens (primary N) is 1.